The molecule has 0 saturated heterocycles. The number of imidazole rings is 1. The first-order chi connectivity index (χ1) is 8.18. The summed E-state index contributed by atoms with van der Waals surface area (Å²) in [6.07, 6.45) is 3.79. The van der Waals surface area contributed by atoms with Crippen LogP contribution >= 0.6 is 15.9 Å². The molecule has 0 radical (unpaired) electrons. The van der Waals surface area contributed by atoms with Crippen molar-refractivity contribution in [2.45, 2.75) is 19.5 Å². The normalized spacial score (nSPS) is 12.6. The van der Waals surface area contributed by atoms with E-state index in [0.29, 0.717) is 0 Å². The highest BCUT2D eigenvalue weighted by molar-refractivity contribution is 9.10. The van der Waals surface area contributed by atoms with Crippen molar-refractivity contribution >= 4 is 15.9 Å². The molecule has 1 N–H and O–H groups in total. The lowest BCUT2D eigenvalue weighted by Crippen LogP contribution is -2.21. The minimum atomic E-state index is 0.238. The topological polar surface area (TPSA) is 29.9 Å². The molecule has 2 aromatic rings. The number of rotatable bonds is 4. The lowest BCUT2D eigenvalue weighted by Gasteiger charge is -2.14. The second kappa shape index (κ2) is 5.47. The van der Waals surface area contributed by atoms with Crippen LogP contribution in [0.5, 0.6) is 0 Å². The van der Waals surface area contributed by atoms with Crippen LogP contribution in [-0.4, -0.2) is 9.55 Å². The Morgan fingerprint density at radius 3 is 2.82 bits per heavy atom. The van der Waals surface area contributed by atoms with E-state index in [1.54, 1.807) is 0 Å². The van der Waals surface area contributed by atoms with Gasteiger partial charge < -0.3 is 9.88 Å². The molecular formula is C13H16BrN3. The molecule has 0 aliphatic carbocycles. The van der Waals surface area contributed by atoms with Crippen molar-refractivity contribution in [2.24, 2.45) is 7.05 Å². The largest absolute Gasteiger partial charge is 0.337 e. The maximum absolute atomic E-state index is 4.34. The molecule has 0 spiro atoms. The van der Waals surface area contributed by atoms with Crippen LogP contribution in [0.1, 0.15) is 24.4 Å². The Morgan fingerprint density at radius 2 is 2.18 bits per heavy atom. The van der Waals surface area contributed by atoms with Gasteiger partial charge in [0, 0.05) is 30.5 Å². The summed E-state index contributed by atoms with van der Waals surface area (Å²) >= 11 is 3.55. The molecule has 1 unspecified atom stereocenters. The molecule has 90 valence electrons. The van der Waals surface area contributed by atoms with Gasteiger partial charge in [0.1, 0.15) is 5.82 Å². The van der Waals surface area contributed by atoms with Crippen LogP contribution in [-0.2, 0) is 13.6 Å². The quantitative estimate of drug-likeness (QED) is 0.939. The van der Waals surface area contributed by atoms with Crippen LogP contribution in [0, 0.1) is 0 Å². The van der Waals surface area contributed by atoms with Gasteiger partial charge in [0.05, 0.1) is 6.04 Å². The SMILES string of the molecule is CC(NCc1ccccc1Br)c1nccn1C. The second-order valence-electron chi connectivity index (χ2n) is 4.09. The fourth-order valence-corrected chi connectivity index (χ4v) is 2.22. The molecule has 0 amide bonds. The smallest absolute Gasteiger partial charge is 0.125 e. The summed E-state index contributed by atoms with van der Waals surface area (Å²) < 4.78 is 3.18. The highest BCUT2D eigenvalue weighted by Crippen LogP contribution is 2.17. The molecule has 2 rings (SSSR count). The number of aryl methyl sites for hydroxylation is 1. The molecular weight excluding hydrogens is 278 g/mol. The number of benzene rings is 1. The van der Waals surface area contributed by atoms with Gasteiger partial charge in [-0.25, -0.2) is 4.98 Å². The van der Waals surface area contributed by atoms with Crippen molar-refractivity contribution in [1.29, 1.82) is 0 Å². The minimum absolute atomic E-state index is 0.238. The Balaban J connectivity index is 2.00. The van der Waals surface area contributed by atoms with E-state index in [1.807, 2.05) is 36.1 Å². The first-order valence-corrected chi connectivity index (χ1v) is 6.42. The van der Waals surface area contributed by atoms with Crippen LogP contribution in [0.3, 0.4) is 0 Å². The van der Waals surface area contributed by atoms with Gasteiger partial charge in [-0.3, -0.25) is 0 Å². The van der Waals surface area contributed by atoms with Gasteiger partial charge in [-0.2, -0.15) is 0 Å². The maximum atomic E-state index is 4.34. The van der Waals surface area contributed by atoms with Crippen LogP contribution < -0.4 is 5.32 Å². The number of hydrogen-bond donors (Lipinski definition) is 1. The lowest BCUT2D eigenvalue weighted by molar-refractivity contribution is 0.529. The molecule has 4 heteroatoms. The Bertz CT molecular complexity index is 493. The van der Waals surface area contributed by atoms with Crippen molar-refractivity contribution in [1.82, 2.24) is 14.9 Å². The summed E-state index contributed by atoms with van der Waals surface area (Å²) in [4.78, 5) is 4.34. The van der Waals surface area contributed by atoms with Gasteiger partial charge in [-0.1, -0.05) is 34.1 Å². The molecule has 0 aliphatic heterocycles. The van der Waals surface area contributed by atoms with Crippen molar-refractivity contribution < 1.29 is 0 Å². The Hall–Kier alpha value is -1.13. The molecule has 0 bridgehead atoms. The molecule has 1 aromatic heterocycles. The number of nitrogens with zero attached hydrogens (tertiary/aromatic N) is 2. The standard InChI is InChI=1S/C13H16BrN3/c1-10(13-15-7-8-17(13)2)16-9-11-5-3-4-6-12(11)14/h3-8,10,16H,9H2,1-2H3. The molecule has 17 heavy (non-hydrogen) atoms. The van der Waals surface area contributed by atoms with E-state index >= 15 is 0 Å². The molecule has 0 fully saturated rings. The van der Waals surface area contributed by atoms with Gasteiger partial charge in [0.2, 0.25) is 0 Å². The molecule has 0 saturated carbocycles. The third-order valence-electron chi connectivity index (χ3n) is 2.80. The number of halogens is 1. The summed E-state index contributed by atoms with van der Waals surface area (Å²) in [6.45, 7) is 2.95. The summed E-state index contributed by atoms with van der Waals surface area (Å²) in [5.41, 5.74) is 1.26. The highest BCUT2D eigenvalue weighted by Gasteiger charge is 2.09. The van der Waals surface area contributed by atoms with Gasteiger partial charge >= 0.3 is 0 Å². The van der Waals surface area contributed by atoms with E-state index in [2.05, 4.69) is 45.3 Å². The van der Waals surface area contributed by atoms with E-state index in [4.69, 9.17) is 0 Å². The zero-order chi connectivity index (χ0) is 12.3. The molecule has 1 aromatic carbocycles. The fraction of sp³-hybridized carbons (Fsp3) is 0.308. The third kappa shape index (κ3) is 2.96. The number of aromatic nitrogens is 2. The number of hydrogen-bond acceptors (Lipinski definition) is 2. The third-order valence-corrected chi connectivity index (χ3v) is 3.58. The predicted octanol–water partition coefficient (Wildman–Crippen LogP) is 3.03. The van der Waals surface area contributed by atoms with Crippen LogP contribution in [0.25, 0.3) is 0 Å². The fourth-order valence-electron chi connectivity index (χ4n) is 1.79. The van der Waals surface area contributed by atoms with Crippen molar-refractivity contribution in [3.63, 3.8) is 0 Å². The van der Waals surface area contributed by atoms with Gasteiger partial charge in [0.25, 0.3) is 0 Å². The summed E-state index contributed by atoms with van der Waals surface area (Å²) in [7, 11) is 2.01. The Labute approximate surface area is 110 Å². The van der Waals surface area contributed by atoms with Gasteiger partial charge in [0.15, 0.2) is 0 Å². The van der Waals surface area contributed by atoms with Crippen LogP contribution in [0.2, 0.25) is 0 Å². The Morgan fingerprint density at radius 1 is 1.41 bits per heavy atom. The van der Waals surface area contributed by atoms with Gasteiger partial charge in [-0.15, -0.1) is 0 Å². The van der Waals surface area contributed by atoms with E-state index in [0.717, 1.165) is 16.8 Å². The highest BCUT2D eigenvalue weighted by atomic mass is 79.9. The first kappa shape index (κ1) is 12.3. The lowest BCUT2D eigenvalue weighted by atomic mass is 10.2. The molecule has 1 heterocycles. The van der Waals surface area contributed by atoms with Crippen molar-refractivity contribution in [3.05, 3.63) is 52.5 Å². The van der Waals surface area contributed by atoms with E-state index in [1.165, 1.54) is 5.56 Å². The predicted molar refractivity (Wildman–Crippen MR) is 72.6 cm³/mol. The average molecular weight is 294 g/mol. The zero-order valence-corrected chi connectivity index (χ0v) is 11.6. The van der Waals surface area contributed by atoms with Crippen molar-refractivity contribution in [3.8, 4) is 0 Å². The zero-order valence-electron chi connectivity index (χ0n) is 10.0. The molecule has 1 atom stereocenters. The monoisotopic (exact) mass is 293 g/mol. The van der Waals surface area contributed by atoms with E-state index in [9.17, 15) is 0 Å². The second-order valence-corrected chi connectivity index (χ2v) is 4.94. The van der Waals surface area contributed by atoms with Crippen molar-refractivity contribution in [2.75, 3.05) is 0 Å². The summed E-state index contributed by atoms with van der Waals surface area (Å²) in [6, 6.07) is 8.48. The molecule has 3 nitrogen and oxygen atoms in total. The molecule has 0 aliphatic rings. The van der Waals surface area contributed by atoms with E-state index < -0.39 is 0 Å². The number of nitrogens with one attached hydrogen (secondary N) is 1. The summed E-state index contributed by atoms with van der Waals surface area (Å²) in [5.74, 6) is 1.05. The minimum Gasteiger partial charge on any atom is -0.337 e. The Kier molecular flexibility index (Phi) is 3.97. The summed E-state index contributed by atoms with van der Waals surface area (Å²) in [5, 5.41) is 3.47. The average Bonchev–Trinajstić information content (AvgIpc) is 2.74. The first-order valence-electron chi connectivity index (χ1n) is 5.62. The van der Waals surface area contributed by atoms with Gasteiger partial charge in [-0.05, 0) is 18.6 Å². The van der Waals surface area contributed by atoms with Crippen LogP contribution in [0.15, 0.2) is 41.1 Å². The van der Waals surface area contributed by atoms with Crippen LogP contribution in [0.4, 0.5) is 0 Å². The van der Waals surface area contributed by atoms with E-state index in [-0.39, 0.29) is 6.04 Å². The maximum Gasteiger partial charge on any atom is 0.125 e.